The molecule has 0 aromatic carbocycles. The van der Waals surface area contributed by atoms with E-state index < -0.39 is 0 Å². The van der Waals surface area contributed by atoms with Crippen molar-refractivity contribution < 1.29 is 14.3 Å². The zero-order valence-corrected chi connectivity index (χ0v) is 8.62. The molecule has 1 heterocycles. The second-order valence-corrected chi connectivity index (χ2v) is 3.43. The van der Waals surface area contributed by atoms with Crippen LogP contribution in [0.1, 0.15) is 32.6 Å². The van der Waals surface area contributed by atoms with Crippen LogP contribution in [0, 0.1) is 0 Å². The number of carbonyl (C=O) groups is 2. The molecule has 1 rings (SSSR count). The average molecular weight is 199 g/mol. The Morgan fingerprint density at radius 2 is 2.21 bits per heavy atom. The summed E-state index contributed by atoms with van der Waals surface area (Å²) in [5, 5.41) is 0. The maximum absolute atomic E-state index is 11.5. The van der Waals surface area contributed by atoms with Crippen LogP contribution in [0.15, 0.2) is 0 Å². The van der Waals surface area contributed by atoms with Crippen molar-refractivity contribution >= 4 is 11.9 Å². The first-order valence-corrected chi connectivity index (χ1v) is 5.17. The first kappa shape index (κ1) is 11.0. The molecule has 80 valence electrons. The van der Waals surface area contributed by atoms with E-state index in [1.165, 1.54) is 0 Å². The lowest BCUT2D eigenvalue weighted by Crippen LogP contribution is -2.35. The van der Waals surface area contributed by atoms with Gasteiger partial charge in [0.2, 0.25) is 5.91 Å². The van der Waals surface area contributed by atoms with Crippen LogP contribution in [0.25, 0.3) is 0 Å². The van der Waals surface area contributed by atoms with Gasteiger partial charge >= 0.3 is 5.97 Å². The minimum Gasteiger partial charge on any atom is -0.465 e. The number of rotatable bonds is 3. The first-order valence-electron chi connectivity index (χ1n) is 5.17. The summed E-state index contributed by atoms with van der Waals surface area (Å²) in [6, 6.07) is 0. The van der Waals surface area contributed by atoms with Gasteiger partial charge in [0.25, 0.3) is 0 Å². The van der Waals surface area contributed by atoms with Crippen molar-refractivity contribution in [2.24, 2.45) is 0 Å². The molecule has 0 aromatic rings. The van der Waals surface area contributed by atoms with Gasteiger partial charge in [-0.3, -0.25) is 9.59 Å². The lowest BCUT2D eigenvalue weighted by molar-refractivity contribution is -0.148. The highest BCUT2D eigenvalue weighted by Gasteiger charge is 2.19. The molecule has 1 aliphatic heterocycles. The van der Waals surface area contributed by atoms with Crippen LogP contribution in [-0.4, -0.2) is 36.5 Å². The number of likely N-dealkylation sites (tertiary alicyclic amines) is 1. The molecule has 0 spiro atoms. The van der Waals surface area contributed by atoms with Gasteiger partial charge in [0.05, 0.1) is 6.61 Å². The lowest BCUT2D eigenvalue weighted by Gasteiger charge is -2.18. The minimum absolute atomic E-state index is 0.0792. The highest BCUT2D eigenvalue weighted by molar-refractivity contribution is 5.82. The summed E-state index contributed by atoms with van der Waals surface area (Å²) in [6.07, 6.45) is 3.58. The van der Waals surface area contributed by atoms with Crippen LogP contribution >= 0.6 is 0 Å². The van der Waals surface area contributed by atoms with Crippen molar-refractivity contribution in [3.05, 3.63) is 0 Å². The summed E-state index contributed by atoms with van der Waals surface area (Å²) in [5.74, 6) is -0.224. The Balaban J connectivity index is 2.40. The van der Waals surface area contributed by atoms with Gasteiger partial charge in [0.1, 0.15) is 6.54 Å². The molecule has 1 amide bonds. The third-order valence-electron chi connectivity index (χ3n) is 2.30. The molecule has 0 bridgehead atoms. The van der Waals surface area contributed by atoms with E-state index in [2.05, 4.69) is 0 Å². The standard InChI is InChI=1S/C10H17NO3/c1-2-14-10(13)8-11-7-5-3-4-6-9(11)12/h2-8H2,1H3. The predicted octanol–water partition coefficient (Wildman–Crippen LogP) is 0.952. The Hall–Kier alpha value is -1.06. The Bertz CT molecular complexity index is 215. The van der Waals surface area contributed by atoms with Crippen LogP contribution in [0.4, 0.5) is 0 Å². The second-order valence-electron chi connectivity index (χ2n) is 3.43. The van der Waals surface area contributed by atoms with Crippen molar-refractivity contribution in [3.8, 4) is 0 Å². The summed E-state index contributed by atoms with van der Waals surface area (Å²) in [6.45, 7) is 2.95. The predicted molar refractivity (Wildman–Crippen MR) is 51.7 cm³/mol. The number of amides is 1. The van der Waals surface area contributed by atoms with Gasteiger partial charge in [-0.05, 0) is 19.8 Å². The maximum atomic E-state index is 11.5. The molecule has 1 fully saturated rings. The quantitative estimate of drug-likeness (QED) is 0.636. The Labute approximate surface area is 84.2 Å². The molecule has 1 aliphatic rings. The topological polar surface area (TPSA) is 46.6 Å². The fourth-order valence-electron chi connectivity index (χ4n) is 1.57. The van der Waals surface area contributed by atoms with Gasteiger partial charge in [-0.15, -0.1) is 0 Å². The third kappa shape index (κ3) is 3.36. The van der Waals surface area contributed by atoms with E-state index in [-0.39, 0.29) is 18.4 Å². The zero-order chi connectivity index (χ0) is 10.4. The smallest absolute Gasteiger partial charge is 0.325 e. The number of hydrogen-bond donors (Lipinski definition) is 0. The van der Waals surface area contributed by atoms with Gasteiger partial charge in [-0.2, -0.15) is 0 Å². The minimum atomic E-state index is -0.303. The lowest BCUT2D eigenvalue weighted by atomic mass is 10.2. The molecule has 0 aromatic heterocycles. The normalized spacial score (nSPS) is 17.8. The molecule has 0 N–H and O–H groups in total. The summed E-state index contributed by atoms with van der Waals surface area (Å²) < 4.78 is 4.80. The molecule has 0 saturated carbocycles. The molecule has 0 aliphatic carbocycles. The molecule has 0 radical (unpaired) electrons. The summed E-state index contributed by atoms with van der Waals surface area (Å²) >= 11 is 0. The van der Waals surface area contributed by atoms with E-state index in [0.717, 1.165) is 19.3 Å². The molecule has 1 saturated heterocycles. The number of esters is 1. The van der Waals surface area contributed by atoms with Gasteiger partial charge < -0.3 is 9.64 Å². The molecular formula is C10H17NO3. The van der Waals surface area contributed by atoms with Crippen LogP contribution in [0.2, 0.25) is 0 Å². The zero-order valence-electron chi connectivity index (χ0n) is 8.62. The molecule has 4 nitrogen and oxygen atoms in total. The van der Waals surface area contributed by atoms with Crippen molar-refractivity contribution in [1.29, 1.82) is 0 Å². The van der Waals surface area contributed by atoms with Crippen molar-refractivity contribution in [1.82, 2.24) is 4.90 Å². The molecular weight excluding hydrogens is 182 g/mol. The van der Waals surface area contributed by atoms with E-state index in [0.29, 0.717) is 19.6 Å². The molecule has 14 heavy (non-hydrogen) atoms. The number of nitrogens with zero attached hydrogens (tertiary/aromatic N) is 1. The fraction of sp³-hybridized carbons (Fsp3) is 0.800. The van der Waals surface area contributed by atoms with E-state index >= 15 is 0 Å². The monoisotopic (exact) mass is 199 g/mol. The van der Waals surface area contributed by atoms with E-state index in [1.807, 2.05) is 0 Å². The average Bonchev–Trinajstić information content (AvgIpc) is 2.33. The van der Waals surface area contributed by atoms with Crippen molar-refractivity contribution in [3.63, 3.8) is 0 Å². The van der Waals surface area contributed by atoms with Gasteiger partial charge in [-0.25, -0.2) is 0 Å². The van der Waals surface area contributed by atoms with Crippen LogP contribution < -0.4 is 0 Å². The summed E-state index contributed by atoms with van der Waals surface area (Å²) in [7, 11) is 0. The number of ether oxygens (including phenoxy) is 1. The summed E-state index contributed by atoms with van der Waals surface area (Å²) in [4.78, 5) is 24.2. The SMILES string of the molecule is CCOC(=O)CN1CCCCCC1=O. The van der Waals surface area contributed by atoms with Crippen molar-refractivity contribution in [2.75, 3.05) is 19.7 Å². The van der Waals surface area contributed by atoms with Gasteiger partial charge in [-0.1, -0.05) is 6.42 Å². The number of hydrogen-bond acceptors (Lipinski definition) is 3. The van der Waals surface area contributed by atoms with Crippen molar-refractivity contribution in [2.45, 2.75) is 32.6 Å². The third-order valence-corrected chi connectivity index (χ3v) is 2.30. The Kier molecular flexibility index (Phi) is 4.43. The van der Waals surface area contributed by atoms with E-state index in [1.54, 1.807) is 11.8 Å². The first-order chi connectivity index (χ1) is 6.74. The second kappa shape index (κ2) is 5.62. The van der Waals surface area contributed by atoms with Crippen LogP contribution in [-0.2, 0) is 14.3 Å². The Morgan fingerprint density at radius 1 is 1.43 bits per heavy atom. The Morgan fingerprint density at radius 3 is 2.93 bits per heavy atom. The van der Waals surface area contributed by atoms with Gasteiger partial charge in [0, 0.05) is 13.0 Å². The van der Waals surface area contributed by atoms with E-state index in [4.69, 9.17) is 4.74 Å². The largest absolute Gasteiger partial charge is 0.465 e. The highest BCUT2D eigenvalue weighted by Crippen LogP contribution is 2.10. The maximum Gasteiger partial charge on any atom is 0.325 e. The van der Waals surface area contributed by atoms with E-state index in [9.17, 15) is 9.59 Å². The molecule has 4 heteroatoms. The number of carbonyl (C=O) groups excluding carboxylic acids is 2. The van der Waals surface area contributed by atoms with Crippen LogP contribution in [0.5, 0.6) is 0 Å². The van der Waals surface area contributed by atoms with Gasteiger partial charge in [0.15, 0.2) is 0 Å². The molecule has 0 unspecified atom stereocenters. The molecule has 0 atom stereocenters. The fourth-order valence-corrected chi connectivity index (χ4v) is 1.57. The van der Waals surface area contributed by atoms with Crippen LogP contribution in [0.3, 0.4) is 0 Å². The summed E-state index contributed by atoms with van der Waals surface area (Å²) in [5.41, 5.74) is 0. The highest BCUT2D eigenvalue weighted by atomic mass is 16.5.